The first kappa shape index (κ1) is 15.3. The molecule has 2 fully saturated rings. The lowest BCUT2D eigenvalue weighted by Gasteiger charge is -2.34. The molecule has 0 aromatic rings. The van der Waals surface area contributed by atoms with E-state index in [0.717, 1.165) is 25.7 Å². The number of amides is 1. The average Bonchev–Trinajstić information content (AvgIpc) is 2.49. The maximum atomic E-state index is 12.2. The fraction of sp³-hybridized carbons (Fsp3) is 0.875. The Morgan fingerprint density at radius 1 is 1.20 bits per heavy atom. The van der Waals surface area contributed by atoms with Crippen LogP contribution in [-0.2, 0) is 4.79 Å². The molecule has 0 heterocycles. The third-order valence-electron chi connectivity index (χ3n) is 4.89. The highest BCUT2D eigenvalue weighted by Crippen LogP contribution is 2.27. The van der Waals surface area contributed by atoms with Crippen molar-refractivity contribution >= 4 is 5.91 Å². The van der Waals surface area contributed by atoms with Gasteiger partial charge in [0.05, 0.1) is 12.6 Å². The summed E-state index contributed by atoms with van der Waals surface area (Å²) in [7, 11) is 2.04. The lowest BCUT2D eigenvalue weighted by Crippen LogP contribution is -2.52. The Hall–Kier alpha value is -1.08. The second kappa shape index (κ2) is 7.08. The van der Waals surface area contributed by atoms with Crippen molar-refractivity contribution in [3.8, 4) is 6.07 Å². The van der Waals surface area contributed by atoms with Crippen molar-refractivity contribution in [2.45, 2.75) is 75.8 Å². The SMILES string of the molecule is CN(CC(=O)NC1(C#N)CCCCC1)C1CCCCC1. The largest absolute Gasteiger partial charge is 0.337 e. The van der Waals surface area contributed by atoms with Gasteiger partial charge in [-0.05, 0) is 32.7 Å². The molecule has 0 aromatic heterocycles. The fourth-order valence-corrected chi connectivity index (χ4v) is 3.60. The second-order valence-corrected chi connectivity index (χ2v) is 6.51. The molecule has 0 spiro atoms. The second-order valence-electron chi connectivity index (χ2n) is 6.51. The monoisotopic (exact) mass is 277 g/mol. The van der Waals surface area contributed by atoms with Gasteiger partial charge >= 0.3 is 0 Å². The highest BCUT2D eigenvalue weighted by Gasteiger charge is 2.34. The summed E-state index contributed by atoms with van der Waals surface area (Å²) in [6, 6.07) is 2.89. The lowest BCUT2D eigenvalue weighted by molar-refractivity contribution is -0.124. The summed E-state index contributed by atoms with van der Waals surface area (Å²) in [5, 5.41) is 12.4. The van der Waals surface area contributed by atoms with Gasteiger partial charge in [0.25, 0.3) is 0 Å². The highest BCUT2D eigenvalue weighted by atomic mass is 16.2. The molecule has 2 aliphatic rings. The molecule has 0 aliphatic heterocycles. The number of hydrogen-bond acceptors (Lipinski definition) is 3. The third-order valence-corrected chi connectivity index (χ3v) is 4.89. The first-order chi connectivity index (χ1) is 9.65. The number of nitrogens with one attached hydrogen (secondary N) is 1. The molecule has 20 heavy (non-hydrogen) atoms. The molecule has 1 amide bonds. The predicted molar refractivity (Wildman–Crippen MR) is 79.1 cm³/mol. The van der Waals surface area contributed by atoms with Crippen LogP contribution in [0.2, 0.25) is 0 Å². The molecule has 0 aromatic carbocycles. The maximum absolute atomic E-state index is 12.2. The number of carbonyl (C=O) groups is 1. The minimum Gasteiger partial charge on any atom is -0.337 e. The van der Waals surface area contributed by atoms with Crippen molar-refractivity contribution in [3.05, 3.63) is 0 Å². The zero-order valence-corrected chi connectivity index (χ0v) is 12.7. The van der Waals surface area contributed by atoms with Crippen LogP contribution in [0.25, 0.3) is 0 Å². The summed E-state index contributed by atoms with van der Waals surface area (Å²) in [5.74, 6) is 0.0153. The van der Waals surface area contributed by atoms with E-state index < -0.39 is 5.54 Å². The standard InChI is InChI=1S/C16H27N3O/c1-19(14-8-4-2-5-9-14)12-15(20)18-16(13-17)10-6-3-7-11-16/h14H,2-12H2,1H3,(H,18,20). The van der Waals surface area contributed by atoms with E-state index in [-0.39, 0.29) is 5.91 Å². The molecular weight excluding hydrogens is 250 g/mol. The predicted octanol–water partition coefficient (Wildman–Crippen LogP) is 2.59. The van der Waals surface area contributed by atoms with Crippen molar-refractivity contribution in [1.82, 2.24) is 10.2 Å². The smallest absolute Gasteiger partial charge is 0.235 e. The first-order valence-corrected chi connectivity index (χ1v) is 8.08. The van der Waals surface area contributed by atoms with Gasteiger partial charge in [-0.25, -0.2) is 0 Å². The van der Waals surface area contributed by atoms with E-state index in [1.165, 1.54) is 38.5 Å². The van der Waals surface area contributed by atoms with Crippen molar-refractivity contribution in [2.24, 2.45) is 0 Å². The number of carbonyl (C=O) groups excluding carboxylic acids is 1. The van der Waals surface area contributed by atoms with Crippen molar-refractivity contribution in [1.29, 1.82) is 5.26 Å². The summed E-state index contributed by atoms with van der Waals surface area (Å²) < 4.78 is 0. The zero-order valence-electron chi connectivity index (χ0n) is 12.7. The van der Waals surface area contributed by atoms with Gasteiger partial charge in [-0.2, -0.15) is 5.26 Å². The number of nitrogens with zero attached hydrogens (tertiary/aromatic N) is 2. The van der Waals surface area contributed by atoms with E-state index in [9.17, 15) is 10.1 Å². The molecule has 4 heteroatoms. The first-order valence-electron chi connectivity index (χ1n) is 8.08. The fourth-order valence-electron chi connectivity index (χ4n) is 3.60. The van der Waals surface area contributed by atoms with Crippen molar-refractivity contribution in [3.63, 3.8) is 0 Å². The molecule has 2 rings (SSSR count). The minimum absolute atomic E-state index is 0.0153. The molecule has 4 nitrogen and oxygen atoms in total. The summed E-state index contributed by atoms with van der Waals surface area (Å²) in [6.45, 7) is 0.425. The Labute approximate surface area is 122 Å². The Balaban J connectivity index is 1.83. The zero-order chi connectivity index (χ0) is 14.4. The van der Waals surface area contributed by atoms with Crippen LogP contribution in [0.3, 0.4) is 0 Å². The van der Waals surface area contributed by atoms with Gasteiger partial charge in [-0.15, -0.1) is 0 Å². The van der Waals surface area contributed by atoms with Gasteiger partial charge in [0.2, 0.25) is 5.91 Å². The van der Waals surface area contributed by atoms with E-state index in [2.05, 4.69) is 16.3 Å². The van der Waals surface area contributed by atoms with E-state index in [1.54, 1.807) is 0 Å². The molecule has 0 radical (unpaired) electrons. The molecule has 112 valence electrons. The maximum Gasteiger partial charge on any atom is 0.235 e. The van der Waals surface area contributed by atoms with E-state index in [4.69, 9.17) is 0 Å². The Kier molecular flexibility index (Phi) is 5.42. The summed E-state index contributed by atoms with van der Waals surface area (Å²) in [6.07, 6.45) is 11.2. The molecule has 0 saturated heterocycles. The third kappa shape index (κ3) is 3.96. The van der Waals surface area contributed by atoms with Crippen molar-refractivity contribution in [2.75, 3.05) is 13.6 Å². The molecule has 0 bridgehead atoms. The normalized spacial score (nSPS) is 23.2. The van der Waals surface area contributed by atoms with Crippen LogP contribution in [0, 0.1) is 11.3 Å². The van der Waals surface area contributed by atoms with Crippen LogP contribution in [0.4, 0.5) is 0 Å². The molecule has 2 saturated carbocycles. The van der Waals surface area contributed by atoms with Crippen molar-refractivity contribution < 1.29 is 4.79 Å². The quantitative estimate of drug-likeness (QED) is 0.859. The van der Waals surface area contributed by atoms with Gasteiger partial charge < -0.3 is 5.32 Å². The Morgan fingerprint density at radius 2 is 1.80 bits per heavy atom. The Morgan fingerprint density at radius 3 is 2.40 bits per heavy atom. The van der Waals surface area contributed by atoms with Crippen LogP contribution >= 0.6 is 0 Å². The Bertz CT molecular complexity index is 362. The molecule has 2 aliphatic carbocycles. The van der Waals surface area contributed by atoms with Crippen LogP contribution < -0.4 is 5.32 Å². The van der Waals surface area contributed by atoms with Gasteiger partial charge in [-0.1, -0.05) is 38.5 Å². The minimum atomic E-state index is -0.595. The van der Waals surface area contributed by atoms with Crippen LogP contribution in [0.5, 0.6) is 0 Å². The summed E-state index contributed by atoms with van der Waals surface area (Å²) in [4.78, 5) is 14.4. The van der Waals surface area contributed by atoms with Crippen LogP contribution in [-0.4, -0.2) is 36.0 Å². The molecule has 0 atom stereocenters. The average molecular weight is 277 g/mol. The number of likely N-dealkylation sites (N-methyl/N-ethyl adjacent to an activating group) is 1. The van der Waals surface area contributed by atoms with Crippen LogP contribution in [0.15, 0.2) is 0 Å². The van der Waals surface area contributed by atoms with E-state index in [1.807, 2.05) is 7.05 Å². The summed E-state index contributed by atoms with van der Waals surface area (Å²) >= 11 is 0. The van der Waals surface area contributed by atoms with Crippen LogP contribution in [0.1, 0.15) is 64.2 Å². The number of hydrogen-bond donors (Lipinski definition) is 1. The highest BCUT2D eigenvalue weighted by molar-refractivity contribution is 5.79. The van der Waals surface area contributed by atoms with Gasteiger partial charge in [0.15, 0.2) is 0 Å². The molecular formula is C16H27N3O. The summed E-state index contributed by atoms with van der Waals surface area (Å²) in [5.41, 5.74) is -0.595. The topological polar surface area (TPSA) is 56.1 Å². The number of nitriles is 1. The molecule has 0 unspecified atom stereocenters. The lowest BCUT2D eigenvalue weighted by atomic mass is 9.83. The molecule has 1 N–H and O–H groups in total. The van der Waals surface area contributed by atoms with E-state index >= 15 is 0 Å². The van der Waals surface area contributed by atoms with Gasteiger partial charge in [-0.3, -0.25) is 9.69 Å². The van der Waals surface area contributed by atoms with Gasteiger partial charge in [0.1, 0.15) is 5.54 Å². The number of rotatable bonds is 4. The van der Waals surface area contributed by atoms with E-state index in [0.29, 0.717) is 12.6 Å². The van der Waals surface area contributed by atoms with Gasteiger partial charge in [0, 0.05) is 6.04 Å².